The number of fused-ring (bicyclic) bond motifs is 1. The van der Waals surface area contributed by atoms with Crippen molar-refractivity contribution in [3.8, 4) is 16.9 Å². The summed E-state index contributed by atoms with van der Waals surface area (Å²) >= 11 is 0. The van der Waals surface area contributed by atoms with E-state index in [-0.39, 0.29) is 30.0 Å². The molecule has 5 rings (SSSR count). The molecule has 0 spiro atoms. The highest BCUT2D eigenvalue weighted by Gasteiger charge is 2.31. The largest absolute Gasteiger partial charge is 0.496 e. The maximum absolute atomic E-state index is 13.2. The van der Waals surface area contributed by atoms with E-state index < -0.39 is 11.2 Å². The van der Waals surface area contributed by atoms with Gasteiger partial charge in [0.1, 0.15) is 12.3 Å². The predicted molar refractivity (Wildman–Crippen MR) is 143 cm³/mol. The van der Waals surface area contributed by atoms with Gasteiger partial charge in [0.25, 0.3) is 5.56 Å². The molecule has 1 fully saturated rings. The van der Waals surface area contributed by atoms with Crippen molar-refractivity contribution in [1.29, 1.82) is 0 Å². The number of hydrogen-bond donors (Lipinski definition) is 0. The Labute approximate surface area is 220 Å². The van der Waals surface area contributed by atoms with Crippen LogP contribution in [0.3, 0.4) is 0 Å². The Morgan fingerprint density at radius 3 is 2.34 bits per heavy atom. The van der Waals surface area contributed by atoms with E-state index >= 15 is 0 Å². The van der Waals surface area contributed by atoms with Crippen molar-refractivity contribution >= 4 is 11.8 Å². The van der Waals surface area contributed by atoms with Gasteiger partial charge in [-0.05, 0) is 36.5 Å². The van der Waals surface area contributed by atoms with Crippen LogP contribution < -0.4 is 16.0 Å². The number of para-hydroxylation sites is 1. The van der Waals surface area contributed by atoms with E-state index in [4.69, 9.17) is 4.74 Å². The van der Waals surface area contributed by atoms with Crippen molar-refractivity contribution in [3.63, 3.8) is 0 Å². The molecule has 0 aliphatic carbocycles. The molecule has 0 radical (unpaired) electrons. The van der Waals surface area contributed by atoms with E-state index in [9.17, 15) is 19.2 Å². The summed E-state index contributed by atoms with van der Waals surface area (Å²) in [6.07, 6.45) is 4.09. The summed E-state index contributed by atoms with van der Waals surface area (Å²) in [6.45, 7) is 1.55. The summed E-state index contributed by atoms with van der Waals surface area (Å²) in [5.41, 5.74) is 2.17. The van der Waals surface area contributed by atoms with Gasteiger partial charge in [0.05, 0.1) is 19.1 Å². The number of aromatic nitrogens is 2. The molecule has 0 unspecified atom stereocenters. The fourth-order valence-electron chi connectivity index (χ4n) is 5.55. The summed E-state index contributed by atoms with van der Waals surface area (Å²) in [4.78, 5) is 55.7. The molecule has 0 saturated carbocycles. The lowest BCUT2D eigenvalue weighted by Gasteiger charge is -2.38. The van der Waals surface area contributed by atoms with Crippen LogP contribution in [0.25, 0.3) is 11.1 Å². The van der Waals surface area contributed by atoms with Crippen LogP contribution in [-0.2, 0) is 36.0 Å². The van der Waals surface area contributed by atoms with Crippen LogP contribution in [0.15, 0.2) is 64.3 Å². The van der Waals surface area contributed by atoms with Gasteiger partial charge in [0.15, 0.2) is 0 Å². The summed E-state index contributed by atoms with van der Waals surface area (Å²) in [5.74, 6) is 0.458. The molecule has 9 nitrogen and oxygen atoms in total. The Kier molecular flexibility index (Phi) is 7.18. The highest BCUT2D eigenvalue weighted by atomic mass is 16.5. The zero-order valence-corrected chi connectivity index (χ0v) is 21.8. The van der Waals surface area contributed by atoms with Crippen molar-refractivity contribution in [1.82, 2.24) is 18.9 Å². The van der Waals surface area contributed by atoms with E-state index in [1.165, 1.54) is 30.5 Å². The van der Waals surface area contributed by atoms with Crippen molar-refractivity contribution in [2.45, 2.75) is 38.3 Å². The quantitative estimate of drug-likeness (QED) is 0.516. The number of carbonyl (C=O) groups excluding carboxylic acids is 2. The van der Waals surface area contributed by atoms with E-state index in [0.29, 0.717) is 50.2 Å². The zero-order chi connectivity index (χ0) is 26.8. The second kappa shape index (κ2) is 10.7. The number of carbonyl (C=O) groups is 2. The van der Waals surface area contributed by atoms with Crippen molar-refractivity contribution in [3.05, 3.63) is 86.7 Å². The van der Waals surface area contributed by atoms with E-state index in [1.54, 1.807) is 29.2 Å². The van der Waals surface area contributed by atoms with Gasteiger partial charge in [-0.3, -0.25) is 23.5 Å². The van der Waals surface area contributed by atoms with Crippen molar-refractivity contribution < 1.29 is 14.3 Å². The van der Waals surface area contributed by atoms with Crippen LogP contribution in [0.2, 0.25) is 0 Å². The molecule has 2 aliphatic rings. The van der Waals surface area contributed by atoms with Crippen LogP contribution >= 0.6 is 0 Å². The lowest BCUT2D eigenvalue weighted by molar-refractivity contribution is -0.136. The van der Waals surface area contributed by atoms with Crippen molar-refractivity contribution in [2.24, 2.45) is 7.05 Å². The van der Waals surface area contributed by atoms with Gasteiger partial charge in [-0.2, -0.15) is 0 Å². The second-order valence-corrected chi connectivity index (χ2v) is 9.91. The van der Waals surface area contributed by atoms with Gasteiger partial charge in [0, 0.05) is 44.5 Å². The summed E-state index contributed by atoms with van der Waals surface area (Å²) in [5, 5.41) is 0. The molecule has 2 aromatic carbocycles. The molecule has 198 valence electrons. The number of nitrogens with zero attached hydrogens (tertiary/aromatic N) is 4. The van der Waals surface area contributed by atoms with Crippen LogP contribution in [0.1, 0.15) is 24.0 Å². The van der Waals surface area contributed by atoms with E-state index in [2.05, 4.69) is 6.07 Å². The zero-order valence-electron chi connectivity index (χ0n) is 21.8. The lowest BCUT2D eigenvalue weighted by Crippen LogP contribution is -2.50. The van der Waals surface area contributed by atoms with Gasteiger partial charge in [-0.15, -0.1) is 0 Å². The maximum Gasteiger partial charge on any atom is 0.331 e. The minimum atomic E-state index is -0.549. The first-order chi connectivity index (χ1) is 18.4. The number of benzene rings is 2. The van der Waals surface area contributed by atoms with Crippen LogP contribution in [-0.4, -0.2) is 63.5 Å². The van der Waals surface area contributed by atoms with Gasteiger partial charge >= 0.3 is 5.69 Å². The van der Waals surface area contributed by atoms with Crippen molar-refractivity contribution in [2.75, 3.05) is 26.7 Å². The molecular weight excluding hydrogens is 484 g/mol. The summed E-state index contributed by atoms with van der Waals surface area (Å²) in [6, 6.07) is 15.3. The number of likely N-dealkylation sites (tertiary alicyclic amines) is 1. The molecule has 0 bridgehead atoms. The molecule has 9 heteroatoms. The molecule has 38 heavy (non-hydrogen) atoms. The van der Waals surface area contributed by atoms with Gasteiger partial charge < -0.3 is 14.5 Å². The number of methoxy groups -OCH3 is 1. The molecule has 2 aliphatic heterocycles. The lowest BCUT2D eigenvalue weighted by atomic mass is 10.0. The number of ether oxygens (including phenoxy) is 1. The van der Waals surface area contributed by atoms with E-state index in [0.717, 1.165) is 16.6 Å². The topological polar surface area (TPSA) is 93.8 Å². The smallest absolute Gasteiger partial charge is 0.331 e. The maximum atomic E-state index is 13.2. The Morgan fingerprint density at radius 1 is 0.921 bits per heavy atom. The molecule has 2 amide bonds. The molecule has 3 aromatic rings. The first-order valence-electron chi connectivity index (χ1n) is 12.9. The van der Waals surface area contributed by atoms with Gasteiger partial charge in [-0.1, -0.05) is 42.5 Å². The molecule has 1 saturated heterocycles. The standard InChI is InChI=1S/C29H32N4O5/c1-30-28(36)24(23-9-5-6-10-25(23)38-2)18-32(29(30)37)19-27(35)31-14-12-22(13-15-31)33-16-11-20-7-3-4-8-21(20)17-26(33)34/h3-10,18,22H,11-17,19H2,1-2H3. The summed E-state index contributed by atoms with van der Waals surface area (Å²) in [7, 11) is 2.93. The van der Waals surface area contributed by atoms with Gasteiger partial charge in [0.2, 0.25) is 11.8 Å². The fourth-order valence-corrected chi connectivity index (χ4v) is 5.55. The second-order valence-electron chi connectivity index (χ2n) is 9.91. The third-order valence-electron chi connectivity index (χ3n) is 7.72. The first-order valence-corrected chi connectivity index (χ1v) is 12.9. The molecular formula is C29H32N4O5. The molecule has 1 aromatic heterocycles. The molecule has 3 heterocycles. The fraction of sp³-hybridized carbons (Fsp3) is 0.379. The number of piperidine rings is 1. The molecule has 0 N–H and O–H groups in total. The Hall–Kier alpha value is -4.14. The Morgan fingerprint density at radius 2 is 1.61 bits per heavy atom. The number of rotatable bonds is 5. The highest BCUT2D eigenvalue weighted by Crippen LogP contribution is 2.27. The monoisotopic (exact) mass is 516 g/mol. The minimum Gasteiger partial charge on any atom is -0.496 e. The minimum absolute atomic E-state index is 0.0956. The van der Waals surface area contributed by atoms with Crippen LogP contribution in [0, 0.1) is 0 Å². The third kappa shape index (κ3) is 4.88. The first kappa shape index (κ1) is 25.5. The average Bonchev–Trinajstić information content (AvgIpc) is 3.11. The molecule has 0 atom stereocenters. The predicted octanol–water partition coefficient (Wildman–Crippen LogP) is 1.84. The third-order valence-corrected chi connectivity index (χ3v) is 7.72. The normalized spacial score (nSPS) is 16.2. The van der Waals surface area contributed by atoms with Crippen LogP contribution in [0.4, 0.5) is 0 Å². The number of amides is 2. The van der Waals surface area contributed by atoms with E-state index in [1.807, 2.05) is 23.1 Å². The highest BCUT2D eigenvalue weighted by molar-refractivity contribution is 5.80. The van der Waals surface area contributed by atoms with Gasteiger partial charge in [-0.25, -0.2) is 4.79 Å². The summed E-state index contributed by atoms with van der Waals surface area (Å²) < 4.78 is 7.70. The Balaban J connectivity index is 1.28. The Bertz CT molecular complexity index is 1480. The number of hydrogen-bond acceptors (Lipinski definition) is 5. The van der Waals surface area contributed by atoms with Crippen LogP contribution in [0.5, 0.6) is 5.75 Å². The SMILES string of the molecule is COc1ccccc1-c1cn(CC(=O)N2CCC(N3CCc4ccccc4CC3=O)CC2)c(=O)n(C)c1=O. The average molecular weight is 517 g/mol.